The smallest absolute Gasteiger partial charge is 0.0439 e. The Bertz CT molecular complexity index is 103. The van der Waals surface area contributed by atoms with E-state index < -0.39 is 0 Å². The van der Waals surface area contributed by atoms with E-state index in [2.05, 4.69) is 27.4 Å². The van der Waals surface area contributed by atoms with Gasteiger partial charge in [0, 0.05) is 0 Å². The van der Waals surface area contributed by atoms with Crippen molar-refractivity contribution in [3.8, 4) is 0 Å². The van der Waals surface area contributed by atoms with Gasteiger partial charge in [-0.1, -0.05) is 65.3 Å². The van der Waals surface area contributed by atoms with E-state index in [0.29, 0.717) is 0 Å². The molecule has 0 spiro atoms. The molecule has 0 heteroatoms. The van der Waals surface area contributed by atoms with Crippen LogP contribution in [0.25, 0.3) is 0 Å². The van der Waals surface area contributed by atoms with E-state index in [0.717, 1.165) is 5.92 Å². The third kappa shape index (κ3) is 51.4. The molecule has 0 atom stereocenters. The Morgan fingerprint density at radius 2 is 1.54 bits per heavy atom. The first-order valence-corrected chi connectivity index (χ1v) is 5.30. The molecule has 0 aliphatic rings. The predicted octanol–water partition coefficient (Wildman–Crippen LogP) is 5.22. The monoisotopic (exact) mass is 184 g/mol. The molecule has 0 saturated carbocycles. The van der Waals surface area contributed by atoms with Crippen molar-refractivity contribution in [1.29, 1.82) is 0 Å². The van der Waals surface area contributed by atoms with Crippen LogP contribution in [0.5, 0.6) is 0 Å². The highest BCUT2D eigenvalue weighted by Crippen LogP contribution is 1.93. The summed E-state index contributed by atoms with van der Waals surface area (Å²) in [5.41, 5.74) is 1.30. The molecule has 13 heavy (non-hydrogen) atoms. The van der Waals surface area contributed by atoms with Gasteiger partial charge in [-0.25, -0.2) is 0 Å². The van der Waals surface area contributed by atoms with Gasteiger partial charge in [-0.2, -0.15) is 0 Å². The molecule has 0 aromatic rings. The molecule has 0 rings (SSSR count). The van der Waals surface area contributed by atoms with E-state index in [9.17, 15) is 0 Å². The van der Waals surface area contributed by atoms with Gasteiger partial charge in [0.1, 0.15) is 0 Å². The van der Waals surface area contributed by atoms with Gasteiger partial charge in [-0.05, 0) is 19.8 Å². The fourth-order valence-corrected chi connectivity index (χ4v) is 0.236. The molecule has 0 heterocycles. The summed E-state index contributed by atoms with van der Waals surface area (Å²) in [4.78, 5) is 0. The Morgan fingerprint density at radius 3 is 1.54 bits per heavy atom. The Hall–Kier alpha value is -0.520. The topological polar surface area (TPSA) is 0 Å². The summed E-state index contributed by atoms with van der Waals surface area (Å²) < 4.78 is 0. The Morgan fingerprint density at radius 1 is 1.23 bits per heavy atom. The van der Waals surface area contributed by atoms with Crippen LogP contribution < -0.4 is 0 Å². The molecule has 0 N–H and O–H groups in total. The molecule has 0 nitrogen and oxygen atoms in total. The van der Waals surface area contributed by atoms with Crippen molar-refractivity contribution in [3.63, 3.8) is 0 Å². The second-order valence-electron chi connectivity index (χ2n) is 3.28. The molecule has 0 aliphatic heterocycles. The lowest BCUT2D eigenvalue weighted by atomic mass is 10.2. The minimum absolute atomic E-state index is 0.884. The largest absolute Gasteiger partial charge is 0.0991 e. The third-order valence-electron chi connectivity index (χ3n) is 1.27. The van der Waals surface area contributed by atoms with Crippen LogP contribution in [0, 0.1) is 5.92 Å². The highest BCUT2D eigenvalue weighted by molar-refractivity contribution is 5.04. The van der Waals surface area contributed by atoms with E-state index >= 15 is 0 Å². The number of rotatable bonds is 2. The summed E-state index contributed by atoms with van der Waals surface area (Å²) in [6.07, 6.45) is 5.06. The van der Waals surface area contributed by atoms with E-state index in [4.69, 9.17) is 0 Å². The first-order valence-electron chi connectivity index (χ1n) is 5.30. The van der Waals surface area contributed by atoms with Crippen molar-refractivity contribution in [2.45, 2.75) is 54.9 Å². The molecular formula is C13H28. The fraction of sp³-hybridized carbons (Fsp3) is 0.692. The van der Waals surface area contributed by atoms with Crippen LogP contribution in [0.4, 0.5) is 0 Å². The van der Waals surface area contributed by atoms with E-state index in [-0.39, 0.29) is 0 Å². The van der Waals surface area contributed by atoms with Gasteiger partial charge in [0.2, 0.25) is 0 Å². The van der Waals surface area contributed by atoms with Crippen molar-refractivity contribution in [2.75, 3.05) is 0 Å². The summed E-state index contributed by atoms with van der Waals surface area (Å²) in [5, 5.41) is 0. The zero-order valence-electron chi connectivity index (χ0n) is 10.6. The minimum Gasteiger partial charge on any atom is -0.0991 e. The molecule has 0 fully saturated rings. The van der Waals surface area contributed by atoms with Gasteiger partial charge in [-0.15, -0.1) is 0 Å². The van der Waals surface area contributed by atoms with Crippen molar-refractivity contribution in [1.82, 2.24) is 0 Å². The van der Waals surface area contributed by atoms with Crippen LogP contribution >= 0.6 is 0 Å². The summed E-state index contributed by atoms with van der Waals surface area (Å²) in [6, 6.07) is 0. The second-order valence-corrected chi connectivity index (χ2v) is 3.28. The number of hydrogen-bond donors (Lipinski definition) is 0. The Kier molecular flexibility index (Phi) is 24.7. The molecule has 0 bridgehead atoms. The maximum Gasteiger partial charge on any atom is -0.0439 e. The van der Waals surface area contributed by atoms with E-state index in [1.807, 2.05) is 33.8 Å². The van der Waals surface area contributed by atoms with Crippen molar-refractivity contribution < 1.29 is 0 Å². The summed E-state index contributed by atoms with van der Waals surface area (Å²) >= 11 is 0. The van der Waals surface area contributed by atoms with Crippen LogP contribution in [0.1, 0.15) is 54.9 Å². The van der Waals surface area contributed by atoms with Crippen molar-refractivity contribution in [2.24, 2.45) is 5.92 Å². The minimum atomic E-state index is 0.884. The van der Waals surface area contributed by atoms with Gasteiger partial charge < -0.3 is 0 Å². The van der Waals surface area contributed by atoms with Gasteiger partial charge >= 0.3 is 0 Å². The van der Waals surface area contributed by atoms with Gasteiger partial charge in [0.05, 0.1) is 0 Å². The molecule has 0 unspecified atom stereocenters. The lowest BCUT2D eigenvalue weighted by molar-refractivity contribution is 0.626. The van der Waals surface area contributed by atoms with Crippen LogP contribution in [0.15, 0.2) is 24.3 Å². The van der Waals surface area contributed by atoms with Gasteiger partial charge in [0.25, 0.3) is 0 Å². The lowest BCUT2D eigenvalue weighted by Crippen LogP contribution is -1.77. The average molecular weight is 184 g/mol. The zero-order chi connectivity index (χ0) is 11.3. The van der Waals surface area contributed by atoms with Crippen LogP contribution in [-0.4, -0.2) is 0 Å². The molecule has 0 aromatic heterocycles. The molecule has 0 aliphatic carbocycles. The van der Waals surface area contributed by atoms with E-state index in [1.165, 1.54) is 12.0 Å². The van der Waals surface area contributed by atoms with Crippen LogP contribution in [0.3, 0.4) is 0 Å². The van der Waals surface area contributed by atoms with E-state index in [1.54, 1.807) is 6.08 Å². The molecule has 0 amide bonds. The number of hydrogen-bond acceptors (Lipinski definition) is 0. The maximum absolute atomic E-state index is 3.52. The van der Waals surface area contributed by atoms with Crippen molar-refractivity contribution >= 4 is 0 Å². The molecule has 0 aromatic carbocycles. The lowest BCUT2D eigenvalue weighted by Gasteiger charge is -1.90. The maximum atomic E-state index is 3.52. The summed E-state index contributed by atoms with van der Waals surface area (Å²) in [5.74, 6) is 0.884. The zero-order valence-corrected chi connectivity index (χ0v) is 10.6. The normalized spacial score (nSPS) is 7.38. The molecule has 0 radical (unpaired) electrons. The van der Waals surface area contributed by atoms with Gasteiger partial charge in [-0.3, -0.25) is 0 Å². The Balaban J connectivity index is -0.000000131. The highest BCUT2D eigenvalue weighted by atomic mass is 13.9. The first kappa shape index (κ1) is 18.3. The van der Waals surface area contributed by atoms with Crippen molar-refractivity contribution in [3.05, 3.63) is 24.3 Å². The quantitative estimate of drug-likeness (QED) is 0.516. The standard InChI is InChI=1S/C6H10.C5H12.C2H6/c1-4-5-6(2)3;1-4-5(2)3;1-2/h4-5H,1H2,2-3H3;5H,4H2,1-3H3;1-2H3. The molecular weight excluding hydrogens is 156 g/mol. The summed E-state index contributed by atoms with van der Waals surface area (Å²) in [6.45, 7) is 18.3. The highest BCUT2D eigenvalue weighted by Gasteiger charge is 1.80. The van der Waals surface area contributed by atoms with Crippen LogP contribution in [-0.2, 0) is 0 Å². The van der Waals surface area contributed by atoms with Crippen LogP contribution in [0.2, 0.25) is 0 Å². The first-order chi connectivity index (χ1) is 6.04. The predicted molar refractivity (Wildman–Crippen MR) is 66.1 cm³/mol. The summed E-state index contributed by atoms with van der Waals surface area (Å²) in [7, 11) is 0. The third-order valence-corrected chi connectivity index (χ3v) is 1.27. The molecule has 80 valence electrons. The Labute approximate surface area is 85.8 Å². The van der Waals surface area contributed by atoms with Gasteiger partial charge in [0.15, 0.2) is 0 Å². The second kappa shape index (κ2) is 17.5. The fourth-order valence-electron chi connectivity index (χ4n) is 0.236. The molecule has 0 saturated heterocycles. The number of allylic oxidation sites excluding steroid dienone is 3. The SMILES string of the molecule is C=CC=C(C)C.CC.CCC(C)C. The average Bonchev–Trinajstić information content (AvgIpc) is 2.09.